The lowest BCUT2D eigenvalue weighted by atomic mass is 10.2. The van der Waals surface area contributed by atoms with E-state index in [-0.39, 0.29) is 55.9 Å². The average molecular weight is 446 g/mol. The number of rotatable bonds is 11. The van der Waals surface area contributed by atoms with E-state index in [1.807, 2.05) is 13.8 Å². The van der Waals surface area contributed by atoms with Gasteiger partial charge in [-0.25, -0.2) is 0 Å². The van der Waals surface area contributed by atoms with Crippen LogP contribution in [0, 0.1) is 11.8 Å². The summed E-state index contributed by atoms with van der Waals surface area (Å²) in [4.78, 5) is 44.7. The second-order valence-electron chi connectivity index (χ2n) is 7.72. The molecule has 31 heavy (non-hydrogen) atoms. The van der Waals surface area contributed by atoms with Gasteiger partial charge >= 0.3 is 23.9 Å². The quantitative estimate of drug-likeness (QED) is 0.200. The summed E-state index contributed by atoms with van der Waals surface area (Å²) in [5, 5.41) is 0. The Morgan fingerprint density at radius 2 is 1.42 bits per heavy atom. The number of hydrogen-bond acceptors (Lipinski definition) is 10. The summed E-state index contributed by atoms with van der Waals surface area (Å²) in [6, 6.07) is 0. The molecule has 2 heterocycles. The highest BCUT2D eigenvalue weighted by Crippen LogP contribution is 2.14. The maximum absolute atomic E-state index is 11.4. The van der Waals surface area contributed by atoms with E-state index in [2.05, 4.69) is 0 Å². The van der Waals surface area contributed by atoms with Gasteiger partial charge in [-0.2, -0.15) is 0 Å². The van der Waals surface area contributed by atoms with E-state index in [4.69, 9.17) is 28.4 Å². The molecular weight excluding hydrogens is 412 g/mol. The van der Waals surface area contributed by atoms with E-state index in [1.165, 1.54) is 0 Å². The molecule has 2 fully saturated rings. The van der Waals surface area contributed by atoms with Gasteiger partial charge in [-0.1, -0.05) is 27.7 Å². The van der Waals surface area contributed by atoms with Crippen LogP contribution in [0.4, 0.5) is 0 Å². The predicted octanol–water partition coefficient (Wildman–Crippen LogP) is 1.77. The zero-order chi connectivity index (χ0) is 23.2. The molecule has 2 aliphatic rings. The zero-order valence-corrected chi connectivity index (χ0v) is 18.8. The van der Waals surface area contributed by atoms with Gasteiger partial charge in [-0.05, 0) is 6.42 Å². The lowest BCUT2D eigenvalue weighted by Crippen LogP contribution is -2.19. The van der Waals surface area contributed by atoms with Crippen molar-refractivity contribution in [2.45, 2.75) is 65.8 Å². The Morgan fingerprint density at radius 1 is 0.839 bits per heavy atom. The van der Waals surface area contributed by atoms with Crippen LogP contribution in [0.1, 0.15) is 53.4 Å². The molecule has 0 aliphatic carbocycles. The van der Waals surface area contributed by atoms with Gasteiger partial charge in [0.1, 0.15) is 25.9 Å². The SMILES string of the molecule is CC(C)C(=O)OCC1CO1.CC(C)C(=O)OCCOC(=O)CCC(=O)OC1CCCO1. The fraction of sp³-hybridized carbons (Fsp3) is 0.810. The van der Waals surface area contributed by atoms with Gasteiger partial charge in [0, 0.05) is 6.42 Å². The summed E-state index contributed by atoms with van der Waals surface area (Å²) in [7, 11) is 0. The van der Waals surface area contributed by atoms with E-state index in [1.54, 1.807) is 13.8 Å². The molecule has 2 unspecified atom stereocenters. The van der Waals surface area contributed by atoms with Gasteiger partial charge in [0.15, 0.2) is 0 Å². The Hall–Kier alpha value is -2.20. The lowest BCUT2D eigenvalue weighted by Gasteiger charge is -2.11. The summed E-state index contributed by atoms with van der Waals surface area (Å²) in [5.74, 6) is -1.74. The summed E-state index contributed by atoms with van der Waals surface area (Å²) >= 11 is 0. The van der Waals surface area contributed by atoms with Crippen LogP contribution in [0.5, 0.6) is 0 Å². The smallest absolute Gasteiger partial charge is 0.308 e. The maximum atomic E-state index is 11.4. The van der Waals surface area contributed by atoms with E-state index in [0.717, 1.165) is 13.0 Å². The van der Waals surface area contributed by atoms with Crippen molar-refractivity contribution in [2.75, 3.05) is 33.0 Å². The van der Waals surface area contributed by atoms with Gasteiger partial charge in [-0.3, -0.25) is 19.2 Å². The molecule has 10 nitrogen and oxygen atoms in total. The molecule has 0 bridgehead atoms. The fourth-order valence-electron chi connectivity index (χ4n) is 2.09. The second-order valence-corrected chi connectivity index (χ2v) is 7.72. The van der Waals surface area contributed by atoms with E-state index >= 15 is 0 Å². The molecule has 0 N–H and O–H groups in total. The summed E-state index contributed by atoms with van der Waals surface area (Å²) in [6.07, 6.45) is 1.15. The molecule has 0 spiro atoms. The first-order valence-corrected chi connectivity index (χ1v) is 10.6. The minimum atomic E-state index is -0.528. The van der Waals surface area contributed by atoms with Gasteiger partial charge in [0.2, 0.25) is 6.29 Å². The van der Waals surface area contributed by atoms with Crippen LogP contribution in [0.25, 0.3) is 0 Å². The van der Waals surface area contributed by atoms with Crippen LogP contribution in [0.15, 0.2) is 0 Å². The average Bonchev–Trinajstić information content (AvgIpc) is 3.42. The van der Waals surface area contributed by atoms with Crippen molar-refractivity contribution in [3.63, 3.8) is 0 Å². The van der Waals surface area contributed by atoms with Gasteiger partial charge in [0.05, 0.1) is 37.9 Å². The third-order valence-corrected chi connectivity index (χ3v) is 4.03. The second kappa shape index (κ2) is 14.7. The Bertz CT molecular complexity index is 577. The van der Waals surface area contributed by atoms with Crippen molar-refractivity contribution in [3.05, 3.63) is 0 Å². The topological polar surface area (TPSA) is 127 Å². The summed E-state index contributed by atoms with van der Waals surface area (Å²) in [6.45, 7) is 8.83. The molecular formula is C21H34O10. The highest BCUT2D eigenvalue weighted by Gasteiger charge is 2.24. The van der Waals surface area contributed by atoms with Crippen LogP contribution in [0.3, 0.4) is 0 Å². The molecule has 0 aromatic carbocycles. The van der Waals surface area contributed by atoms with Crippen molar-refractivity contribution in [1.29, 1.82) is 0 Å². The van der Waals surface area contributed by atoms with Crippen molar-refractivity contribution < 1.29 is 47.6 Å². The Balaban J connectivity index is 0.000000399. The number of hydrogen-bond donors (Lipinski definition) is 0. The third-order valence-electron chi connectivity index (χ3n) is 4.03. The standard InChI is InChI=1S/C14H22O7.C7H12O3/c1-10(2)14(17)20-9-8-18-11(15)5-6-12(16)21-13-4-3-7-19-13;1-5(2)7(8)10-4-6-3-9-6/h10,13H,3-9H2,1-2H3;5-6H,3-4H2,1-2H3. The number of ether oxygens (including phenoxy) is 6. The first-order valence-electron chi connectivity index (χ1n) is 10.6. The number of epoxide rings is 1. The van der Waals surface area contributed by atoms with Crippen molar-refractivity contribution >= 4 is 23.9 Å². The number of esters is 4. The summed E-state index contributed by atoms with van der Waals surface area (Å²) in [5.41, 5.74) is 0. The van der Waals surface area contributed by atoms with E-state index in [9.17, 15) is 19.2 Å². The fourth-order valence-corrected chi connectivity index (χ4v) is 2.09. The molecule has 2 saturated heterocycles. The van der Waals surface area contributed by atoms with Crippen molar-refractivity contribution in [1.82, 2.24) is 0 Å². The third kappa shape index (κ3) is 13.7. The monoisotopic (exact) mass is 446 g/mol. The highest BCUT2D eigenvalue weighted by atomic mass is 16.7. The van der Waals surface area contributed by atoms with Crippen LogP contribution < -0.4 is 0 Å². The molecule has 0 aromatic rings. The van der Waals surface area contributed by atoms with Gasteiger partial charge in [-0.15, -0.1) is 0 Å². The molecule has 2 atom stereocenters. The number of carbonyl (C=O) groups excluding carboxylic acids is 4. The van der Waals surface area contributed by atoms with E-state index < -0.39 is 18.2 Å². The molecule has 2 aliphatic heterocycles. The molecule has 0 aromatic heterocycles. The Morgan fingerprint density at radius 3 is 1.97 bits per heavy atom. The molecule has 0 saturated carbocycles. The highest BCUT2D eigenvalue weighted by molar-refractivity contribution is 5.77. The maximum Gasteiger partial charge on any atom is 0.308 e. The largest absolute Gasteiger partial charge is 0.463 e. The molecule has 2 rings (SSSR count). The Kier molecular flexibility index (Phi) is 12.8. The zero-order valence-electron chi connectivity index (χ0n) is 18.8. The lowest BCUT2D eigenvalue weighted by molar-refractivity contribution is -0.171. The van der Waals surface area contributed by atoms with Gasteiger partial charge < -0.3 is 28.4 Å². The van der Waals surface area contributed by atoms with E-state index in [0.29, 0.717) is 19.6 Å². The molecule has 0 amide bonds. The minimum Gasteiger partial charge on any atom is -0.463 e. The number of carbonyl (C=O) groups is 4. The van der Waals surface area contributed by atoms with Crippen molar-refractivity contribution in [2.24, 2.45) is 11.8 Å². The Labute approximate surface area is 182 Å². The minimum absolute atomic E-state index is 0.0158. The molecule has 10 heteroatoms. The predicted molar refractivity (Wildman–Crippen MR) is 107 cm³/mol. The summed E-state index contributed by atoms with van der Waals surface area (Å²) < 4.78 is 29.6. The van der Waals surface area contributed by atoms with Crippen LogP contribution in [-0.4, -0.2) is 69.3 Å². The normalized spacial score (nSPS) is 19.3. The molecule has 0 radical (unpaired) electrons. The van der Waals surface area contributed by atoms with Gasteiger partial charge in [0.25, 0.3) is 0 Å². The van der Waals surface area contributed by atoms with Crippen molar-refractivity contribution in [3.8, 4) is 0 Å². The van der Waals surface area contributed by atoms with Crippen LogP contribution in [-0.2, 0) is 47.6 Å². The van der Waals surface area contributed by atoms with Crippen LogP contribution >= 0.6 is 0 Å². The molecule has 178 valence electrons. The van der Waals surface area contributed by atoms with Crippen LogP contribution in [0.2, 0.25) is 0 Å². The first-order chi connectivity index (χ1) is 14.7. The first kappa shape index (κ1) is 26.8.